The highest BCUT2D eigenvalue weighted by Gasteiger charge is 2.56. The fourth-order valence-electron chi connectivity index (χ4n) is 4.46. The van der Waals surface area contributed by atoms with Gasteiger partial charge in [0.25, 0.3) is 5.91 Å². The van der Waals surface area contributed by atoms with E-state index in [4.69, 9.17) is 4.74 Å². The summed E-state index contributed by atoms with van der Waals surface area (Å²) in [5, 5.41) is 14.1. The third-order valence-corrected chi connectivity index (χ3v) is 6.36. The molecule has 14 heteroatoms. The van der Waals surface area contributed by atoms with E-state index in [0.29, 0.717) is 0 Å². The number of fused-ring (bicyclic) bond motifs is 1. The Bertz CT molecular complexity index is 1180. The van der Waals surface area contributed by atoms with E-state index in [1.54, 1.807) is 38.2 Å². The molecule has 3 rings (SSSR count). The largest absolute Gasteiger partial charge is 0.472 e. The predicted octanol–water partition coefficient (Wildman–Crippen LogP) is 1.61. The quantitative estimate of drug-likeness (QED) is 0.579. The maximum Gasteiger partial charge on any atom is 0.471 e. The summed E-state index contributed by atoms with van der Waals surface area (Å²) in [4.78, 5) is 57.3. The lowest BCUT2D eigenvalue weighted by atomic mass is 9.86. The Labute approximate surface area is 217 Å². The first kappa shape index (κ1) is 28.7. The van der Waals surface area contributed by atoms with Crippen LogP contribution in [-0.2, 0) is 19.2 Å². The summed E-state index contributed by atoms with van der Waals surface area (Å²) in [7, 11) is 1.24. The van der Waals surface area contributed by atoms with Crippen molar-refractivity contribution in [2.75, 3.05) is 18.9 Å². The SMILES string of the molecule is C[C@H](NC(=O)C(F)(F)F)C(=O)N(C)[C@@H](CC(C)(C)C)C(=O)N1C[C@@]2(C[C@H]1C#N)Oc1cccnc1NC2=O. The molecule has 1 aromatic heterocycles. The van der Waals surface area contributed by atoms with Crippen LogP contribution in [-0.4, -0.2) is 81.9 Å². The van der Waals surface area contributed by atoms with Crippen molar-refractivity contribution in [2.24, 2.45) is 5.41 Å². The number of likely N-dealkylation sites (tertiary alicyclic amines) is 1. The zero-order valence-corrected chi connectivity index (χ0v) is 21.5. The van der Waals surface area contributed by atoms with Crippen LogP contribution in [0.15, 0.2) is 18.3 Å². The molecule has 2 aliphatic rings. The van der Waals surface area contributed by atoms with Crippen LogP contribution in [0.4, 0.5) is 19.0 Å². The highest BCUT2D eigenvalue weighted by Crippen LogP contribution is 2.40. The molecule has 0 unspecified atom stereocenters. The number of carbonyl (C=O) groups excluding carboxylic acids is 4. The number of nitriles is 1. The van der Waals surface area contributed by atoms with Gasteiger partial charge in [-0.15, -0.1) is 0 Å². The van der Waals surface area contributed by atoms with Crippen molar-refractivity contribution in [3.05, 3.63) is 18.3 Å². The maximum atomic E-state index is 13.8. The molecule has 2 N–H and O–H groups in total. The molecular weight excluding hydrogens is 509 g/mol. The van der Waals surface area contributed by atoms with Gasteiger partial charge in [-0.3, -0.25) is 19.2 Å². The number of pyridine rings is 1. The summed E-state index contributed by atoms with van der Waals surface area (Å²) in [5.41, 5.74) is -2.11. The Morgan fingerprint density at radius 1 is 1.37 bits per heavy atom. The van der Waals surface area contributed by atoms with Gasteiger partial charge in [-0.05, 0) is 30.9 Å². The number of halogens is 3. The van der Waals surface area contributed by atoms with Crippen molar-refractivity contribution in [3.63, 3.8) is 0 Å². The molecule has 1 saturated heterocycles. The Morgan fingerprint density at radius 2 is 2.03 bits per heavy atom. The van der Waals surface area contributed by atoms with Gasteiger partial charge in [0.05, 0.1) is 12.6 Å². The van der Waals surface area contributed by atoms with Gasteiger partial charge >= 0.3 is 12.1 Å². The molecule has 4 amide bonds. The van der Waals surface area contributed by atoms with Crippen molar-refractivity contribution < 1.29 is 37.1 Å². The fraction of sp³-hybridized carbons (Fsp3) is 0.583. The van der Waals surface area contributed by atoms with Gasteiger partial charge in [0.1, 0.15) is 18.1 Å². The van der Waals surface area contributed by atoms with E-state index in [1.165, 1.54) is 13.2 Å². The van der Waals surface area contributed by atoms with E-state index in [-0.39, 0.29) is 31.0 Å². The Kier molecular flexibility index (Phi) is 7.63. The Hall–Kier alpha value is -3.89. The summed E-state index contributed by atoms with van der Waals surface area (Å²) in [6, 6.07) is 1.31. The van der Waals surface area contributed by atoms with Crippen LogP contribution in [0.1, 0.15) is 40.5 Å². The number of aromatic nitrogens is 1. The van der Waals surface area contributed by atoms with Crippen LogP contribution in [0, 0.1) is 16.7 Å². The second-order valence-corrected chi connectivity index (χ2v) is 10.6. The van der Waals surface area contributed by atoms with Gasteiger partial charge in [0.2, 0.25) is 17.4 Å². The van der Waals surface area contributed by atoms with Gasteiger partial charge in [-0.25, -0.2) is 4.98 Å². The molecule has 1 aromatic rings. The van der Waals surface area contributed by atoms with Gasteiger partial charge < -0.3 is 25.2 Å². The van der Waals surface area contributed by atoms with Crippen molar-refractivity contribution in [3.8, 4) is 11.8 Å². The van der Waals surface area contributed by atoms with Crippen LogP contribution in [0.3, 0.4) is 0 Å². The lowest BCUT2D eigenvalue weighted by Gasteiger charge is -2.37. The minimum atomic E-state index is -5.19. The molecule has 0 bridgehead atoms. The fourth-order valence-corrected chi connectivity index (χ4v) is 4.46. The Morgan fingerprint density at radius 3 is 2.61 bits per heavy atom. The average Bonchev–Trinajstić information content (AvgIpc) is 3.20. The van der Waals surface area contributed by atoms with Crippen molar-refractivity contribution >= 4 is 29.4 Å². The monoisotopic (exact) mass is 538 g/mol. The number of nitrogens with zero attached hydrogens (tertiary/aromatic N) is 4. The second-order valence-electron chi connectivity index (χ2n) is 10.6. The summed E-state index contributed by atoms with van der Waals surface area (Å²) < 4.78 is 44.0. The van der Waals surface area contributed by atoms with Gasteiger partial charge in [-0.2, -0.15) is 18.4 Å². The van der Waals surface area contributed by atoms with E-state index in [9.17, 15) is 37.6 Å². The van der Waals surface area contributed by atoms with Crippen molar-refractivity contribution in [1.29, 1.82) is 5.26 Å². The molecule has 38 heavy (non-hydrogen) atoms. The van der Waals surface area contributed by atoms with E-state index in [2.05, 4.69) is 10.3 Å². The van der Waals surface area contributed by atoms with E-state index < -0.39 is 58.9 Å². The standard InChI is InChI=1S/C24H29F3N6O5/c1-13(30-21(37)24(25,26)27)18(34)32(5)15(10-22(2,3)4)19(35)33-12-23(9-14(33)11-28)20(36)31-17-16(38-23)7-6-8-29-17/h6-8,13-15H,9-10,12H2,1-5H3,(H,30,37)(H,29,31,36)/t13-,14-,15-,23+/m0/s1. The molecule has 0 aromatic carbocycles. The number of amides is 4. The van der Waals surface area contributed by atoms with E-state index in [0.717, 1.165) is 16.7 Å². The smallest absolute Gasteiger partial charge is 0.471 e. The van der Waals surface area contributed by atoms with Gasteiger partial charge in [-0.1, -0.05) is 20.8 Å². The summed E-state index contributed by atoms with van der Waals surface area (Å²) >= 11 is 0. The minimum absolute atomic E-state index is 0.0788. The summed E-state index contributed by atoms with van der Waals surface area (Å²) in [6.45, 7) is 6.18. The third kappa shape index (κ3) is 5.81. The summed E-state index contributed by atoms with van der Waals surface area (Å²) in [6.07, 6.45) is -3.79. The van der Waals surface area contributed by atoms with Crippen LogP contribution < -0.4 is 15.4 Å². The normalized spacial score (nSPS) is 22.4. The van der Waals surface area contributed by atoms with Gasteiger partial charge in [0, 0.05) is 19.7 Å². The molecule has 0 saturated carbocycles. The molecule has 4 atom stereocenters. The summed E-state index contributed by atoms with van der Waals surface area (Å²) in [5.74, 6) is -4.01. The number of nitrogens with one attached hydrogen (secondary N) is 2. The molecule has 2 aliphatic heterocycles. The average molecular weight is 539 g/mol. The molecular formula is C24H29F3N6O5. The number of ether oxygens (including phenoxy) is 1. The molecule has 0 aliphatic carbocycles. The number of alkyl halides is 3. The topological polar surface area (TPSA) is 145 Å². The number of anilines is 1. The first-order chi connectivity index (χ1) is 17.5. The zero-order chi connectivity index (χ0) is 28.6. The second kappa shape index (κ2) is 10.1. The first-order valence-corrected chi connectivity index (χ1v) is 11.8. The minimum Gasteiger partial charge on any atom is -0.472 e. The van der Waals surface area contributed by atoms with Crippen molar-refractivity contribution in [1.82, 2.24) is 20.1 Å². The van der Waals surface area contributed by atoms with Crippen molar-refractivity contribution in [2.45, 2.75) is 70.4 Å². The van der Waals surface area contributed by atoms with Crippen LogP contribution in [0.25, 0.3) is 0 Å². The van der Waals surface area contributed by atoms with Crippen LogP contribution in [0.2, 0.25) is 0 Å². The lowest BCUT2D eigenvalue weighted by molar-refractivity contribution is -0.175. The first-order valence-electron chi connectivity index (χ1n) is 11.8. The molecule has 1 spiro atoms. The number of hydrogen-bond acceptors (Lipinski definition) is 7. The Balaban J connectivity index is 1.88. The van der Waals surface area contributed by atoms with E-state index in [1.807, 2.05) is 6.07 Å². The number of hydrogen-bond donors (Lipinski definition) is 2. The molecule has 3 heterocycles. The number of likely N-dealkylation sites (N-methyl/N-ethyl adjacent to an activating group) is 1. The van der Waals surface area contributed by atoms with E-state index >= 15 is 0 Å². The zero-order valence-electron chi connectivity index (χ0n) is 21.5. The molecule has 0 radical (unpaired) electrons. The molecule has 11 nitrogen and oxygen atoms in total. The molecule has 1 fully saturated rings. The third-order valence-electron chi connectivity index (χ3n) is 6.36. The maximum absolute atomic E-state index is 13.8. The lowest BCUT2D eigenvalue weighted by Crippen LogP contribution is -2.58. The van der Waals surface area contributed by atoms with Crippen LogP contribution >= 0.6 is 0 Å². The number of carbonyl (C=O) groups is 4. The molecule has 206 valence electrons. The highest BCUT2D eigenvalue weighted by molar-refractivity contribution is 6.01. The van der Waals surface area contributed by atoms with Gasteiger partial charge in [0.15, 0.2) is 11.6 Å². The van der Waals surface area contributed by atoms with Crippen LogP contribution in [0.5, 0.6) is 5.75 Å². The number of rotatable bonds is 5. The predicted molar refractivity (Wildman–Crippen MR) is 126 cm³/mol. The highest BCUT2D eigenvalue weighted by atomic mass is 19.4.